The summed E-state index contributed by atoms with van der Waals surface area (Å²) in [7, 11) is 0. The van der Waals surface area contributed by atoms with Crippen LogP contribution in [0.4, 0.5) is 10.6 Å². The number of anilines is 1. The zero-order chi connectivity index (χ0) is 14.2. The van der Waals surface area contributed by atoms with E-state index in [4.69, 9.17) is 5.11 Å². The van der Waals surface area contributed by atoms with Crippen molar-refractivity contribution in [2.24, 2.45) is 0 Å². The molecule has 1 heterocycles. The third-order valence-electron chi connectivity index (χ3n) is 3.42. The van der Waals surface area contributed by atoms with Gasteiger partial charge >= 0.3 is 6.09 Å². The minimum absolute atomic E-state index is 0.216. The molecule has 1 aromatic heterocycles. The van der Waals surface area contributed by atoms with Crippen LogP contribution in [-0.2, 0) is 5.54 Å². The highest BCUT2D eigenvalue weighted by atomic mass is 16.4. The smallest absolute Gasteiger partial charge is 0.410 e. The molecule has 3 N–H and O–H groups in total. The van der Waals surface area contributed by atoms with Gasteiger partial charge < -0.3 is 10.2 Å². The molecule has 0 saturated heterocycles. The molecule has 19 heavy (non-hydrogen) atoms. The number of aliphatic hydroxyl groups excluding tert-OH is 1. The lowest BCUT2D eigenvalue weighted by Crippen LogP contribution is -2.26. The Balaban J connectivity index is 2.31. The van der Waals surface area contributed by atoms with Crippen LogP contribution < -0.4 is 5.32 Å². The summed E-state index contributed by atoms with van der Waals surface area (Å²) in [6, 6.07) is 1.78. The van der Waals surface area contributed by atoms with Crippen molar-refractivity contribution in [3.05, 3.63) is 11.8 Å². The number of aromatic nitrogens is 2. The summed E-state index contributed by atoms with van der Waals surface area (Å²) in [5, 5.41) is 25.4. The number of hydrogen-bond donors (Lipinski definition) is 3. The number of nitrogens with one attached hydrogen (secondary N) is 1. The van der Waals surface area contributed by atoms with Crippen molar-refractivity contribution in [1.82, 2.24) is 9.78 Å². The second-order valence-corrected chi connectivity index (χ2v) is 6.13. The Morgan fingerprint density at radius 1 is 1.47 bits per heavy atom. The van der Waals surface area contributed by atoms with E-state index in [0.717, 1.165) is 18.5 Å². The molecule has 1 saturated carbocycles. The number of aliphatic hydroxyl groups is 1. The molecule has 106 valence electrons. The summed E-state index contributed by atoms with van der Waals surface area (Å²) < 4.78 is 1.70. The third-order valence-corrected chi connectivity index (χ3v) is 3.42. The molecule has 2 rings (SSSR count). The molecule has 6 nitrogen and oxygen atoms in total. The number of rotatable bonds is 2. The molecule has 0 radical (unpaired) electrons. The lowest BCUT2D eigenvalue weighted by molar-refractivity contribution is 0.181. The van der Waals surface area contributed by atoms with Crippen LogP contribution >= 0.6 is 0 Å². The van der Waals surface area contributed by atoms with Gasteiger partial charge in [0.05, 0.1) is 17.3 Å². The Morgan fingerprint density at radius 3 is 2.63 bits per heavy atom. The number of hydrogen-bond acceptors (Lipinski definition) is 3. The van der Waals surface area contributed by atoms with Crippen LogP contribution in [0.2, 0.25) is 0 Å². The fourth-order valence-corrected chi connectivity index (χ4v) is 2.54. The Morgan fingerprint density at radius 2 is 2.16 bits per heavy atom. The van der Waals surface area contributed by atoms with E-state index >= 15 is 0 Å². The van der Waals surface area contributed by atoms with Gasteiger partial charge in [-0.3, -0.25) is 5.32 Å². The molecule has 2 unspecified atom stereocenters. The Labute approximate surface area is 112 Å². The lowest BCUT2D eigenvalue weighted by Gasteiger charge is -2.22. The fourth-order valence-electron chi connectivity index (χ4n) is 2.54. The molecule has 1 aliphatic rings. The van der Waals surface area contributed by atoms with Crippen molar-refractivity contribution in [3.8, 4) is 0 Å². The van der Waals surface area contributed by atoms with Crippen LogP contribution in [0.1, 0.15) is 51.6 Å². The molecule has 1 aromatic rings. The van der Waals surface area contributed by atoms with Crippen LogP contribution in [0.25, 0.3) is 0 Å². The largest absolute Gasteiger partial charge is 0.465 e. The SMILES string of the molecule is CC(C)(C)n1nc(C2CCC(O)C2)cc1NC(=O)O. The lowest BCUT2D eigenvalue weighted by atomic mass is 10.0. The minimum atomic E-state index is -1.09. The van der Waals surface area contributed by atoms with E-state index in [-0.39, 0.29) is 17.6 Å². The van der Waals surface area contributed by atoms with Gasteiger partial charge in [0.15, 0.2) is 0 Å². The van der Waals surface area contributed by atoms with E-state index in [0.29, 0.717) is 12.2 Å². The second kappa shape index (κ2) is 4.85. The molecule has 0 aliphatic heterocycles. The maximum absolute atomic E-state index is 10.8. The summed E-state index contributed by atoms with van der Waals surface area (Å²) in [5.74, 6) is 0.698. The monoisotopic (exact) mass is 267 g/mol. The number of carboxylic acid groups (broad SMARTS) is 1. The van der Waals surface area contributed by atoms with Gasteiger partial charge in [-0.1, -0.05) is 0 Å². The van der Waals surface area contributed by atoms with Gasteiger partial charge in [-0.15, -0.1) is 0 Å². The molecule has 1 aliphatic carbocycles. The molecule has 6 heteroatoms. The molecule has 0 bridgehead atoms. The molecule has 2 atom stereocenters. The van der Waals surface area contributed by atoms with Crippen LogP contribution in [0.5, 0.6) is 0 Å². The summed E-state index contributed by atoms with van der Waals surface area (Å²) in [4.78, 5) is 10.8. The maximum atomic E-state index is 10.8. The van der Waals surface area contributed by atoms with Crippen LogP contribution in [0, 0.1) is 0 Å². The van der Waals surface area contributed by atoms with E-state index in [1.165, 1.54) is 0 Å². The maximum Gasteiger partial charge on any atom is 0.410 e. The van der Waals surface area contributed by atoms with Crippen LogP contribution in [-0.4, -0.2) is 32.2 Å². The summed E-state index contributed by atoms with van der Waals surface area (Å²) in [5.41, 5.74) is 0.558. The average molecular weight is 267 g/mol. The highest BCUT2D eigenvalue weighted by Crippen LogP contribution is 2.35. The predicted molar refractivity (Wildman–Crippen MR) is 71.5 cm³/mol. The molecule has 0 spiro atoms. The minimum Gasteiger partial charge on any atom is -0.465 e. The van der Waals surface area contributed by atoms with E-state index in [1.807, 2.05) is 20.8 Å². The van der Waals surface area contributed by atoms with Gasteiger partial charge in [0.1, 0.15) is 5.82 Å². The normalized spacial score (nSPS) is 23.6. The first-order valence-electron chi connectivity index (χ1n) is 6.56. The highest BCUT2D eigenvalue weighted by Gasteiger charge is 2.29. The van der Waals surface area contributed by atoms with E-state index in [9.17, 15) is 9.90 Å². The predicted octanol–water partition coefficient (Wildman–Crippen LogP) is 2.36. The summed E-state index contributed by atoms with van der Waals surface area (Å²) in [6.07, 6.45) is 1.03. The van der Waals surface area contributed by atoms with Crippen molar-refractivity contribution >= 4 is 11.9 Å². The fraction of sp³-hybridized carbons (Fsp3) is 0.692. The van der Waals surface area contributed by atoms with Crippen molar-refractivity contribution in [3.63, 3.8) is 0 Å². The summed E-state index contributed by atoms with van der Waals surface area (Å²) >= 11 is 0. The van der Waals surface area contributed by atoms with Gasteiger partial charge in [-0.25, -0.2) is 9.48 Å². The molecule has 1 fully saturated rings. The van der Waals surface area contributed by atoms with Crippen LogP contribution in [0.15, 0.2) is 6.07 Å². The summed E-state index contributed by atoms with van der Waals surface area (Å²) in [6.45, 7) is 5.92. The number of amides is 1. The highest BCUT2D eigenvalue weighted by molar-refractivity contribution is 5.81. The van der Waals surface area contributed by atoms with Gasteiger partial charge in [0.2, 0.25) is 0 Å². The first-order chi connectivity index (χ1) is 8.77. The zero-order valence-corrected chi connectivity index (χ0v) is 11.6. The van der Waals surface area contributed by atoms with E-state index < -0.39 is 6.09 Å². The molecule has 0 aromatic carbocycles. The molecule has 1 amide bonds. The van der Waals surface area contributed by atoms with Crippen molar-refractivity contribution in [2.75, 3.05) is 5.32 Å². The zero-order valence-electron chi connectivity index (χ0n) is 11.6. The quantitative estimate of drug-likeness (QED) is 0.767. The van der Waals surface area contributed by atoms with E-state index in [2.05, 4.69) is 10.4 Å². The standard InChI is InChI=1S/C13H21N3O3/c1-13(2,3)16-11(14-12(18)19)7-10(15-16)8-4-5-9(17)6-8/h7-9,14,17H,4-6H2,1-3H3,(H,18,19). The van der Waals surface area contributed by atoms with Crippen molar-refractivity contribution < 1.29 is 15.0 Å². The topological polar surface area (TPSA) is 87.4 Å². The first-order valence-corrected chi connectivity index (χ1v) is 6.56. The van der Waals surface area contributed by atoms with Crippen molar-refractivity contribution in [1.29, 1.82) is 0 Å². The average Bonchev–Trinajstić information content (AvgIpc) is 2.82. The molecular weight excluding hydrogens is 246 g/mol. The van der Waals surface area contributed by atoms with Gasteiger partial charge in [0.25, 0.3) is 0 Å². The second-order valence-electron chi connectivity index (χ2n) is 6.13. The van der Waals surface area contributed by atoms with Crippen LogP contribution in [0.3, 0.4) is 0 Å². The Kier molecular flexibility index (Phi) is 3.54. The molecular formula is C13H21N3O3. The first kappa shape index (κ1) is 13.9. The number of nitrogens with zero attached hydrogens (tertiary/aromatic N) is 2. The Hall–Kier alpha value is -1.56. The van der Waals surface area contributed by atoms with Crippen molar-refractivity contribution in [2.45, 2.75) is 57.6 Å². The van der Waals surface area contributed by atoms with Gasteiger partial charge in [-0.2, -0.15) is 5.10 Å². The Bertz CT molecular complexity index is 476. The van der Waals surface area contributed by atoms with E-state index in [1.54, 1.807) is 10.7 Å². The van der Waals surface area contributed by atoms with Gasteiger partial charge in [-0.05, 0) is 40.0 Å². The van der Waals surface area contributed by atoms with Gasteiger partial charge in [0, 0.05) is 12.0 Å². The number of carbonyl (C=O) groups is 1. The third kappa shape index (κ3) is 3.07.